The molecule has 2 aromatic heterocycles. The van der Waals surface area contributed by atoms with Gasteiger partial charge in [-0.2, -0.15) is 0 Å². The van der Waals surface area contributed by atoms with Crippen molar-refractivity contribution in [2.24, 2.45) is 0 Å². The van der Waals surface area contributed by atoms with Crippen LogP contribution in [-0.2, 0) is 17.7 Å². The lowest BCUT2D eigenvalue weighted by Crippen LogP contribution is -2.34. The summed E-state index contributed by atoms with van der Waals surface area (Å²) >= 11 is 1.36. The molecular formula is C20H23N3O5S. The van der Waals surface area contributed by atoms with E-state index in [9.17, 15) is 14.4 Å². The molecule has 0 radical (unpaired) electrons. The van der Waals surface area contributed by atoms with Gasteiger partial charge in [0.15, 0.2) is 0 Å². The third kappa shape index (κ3) is 3.91. The molecule has 1 aliphatic carbocycles. The molecule has 4 rings (SSSR count). The van der Waals surface area contributed by atoms with Crippen LogP contribution in [-0.4, -0.2) is 52.6 Å². The third-order valence-corrected chi connectivity index (χ3v) is 6.10. The second-order valence-corrected chi connectivity index (χ2v) is 7.97. The number of thiazole rings is 1. The highest BCUT2D eigenvalue weighted by atomic mass is 32.1. The number of nitrogens with zero attached hydrogens (tertiary/aromatic N) is 3. The van der Waals surface area contributed by atoms with Gasteiger partial charge in [0.05, 0.1) is 18.7 Å². The fraction of sp³-hybridized carbons (Fsp3) is 0.500. The maximum Gasteiger partial charge on any atom is 0.343 e. The normalized spacial score (nSPS) is 16.9. The number of fused-ring (bicyclic) bond motifs is 1. The lowest BCUT2D eigenvalue weighted by molar-refractivity contribution is 0.0590. The number of pyridine rings is 1. The van der Waals surface area contributed by atoms with Gasteiger partial charge < -0.3 is 18.9 Å². The lowest BCUT2D eigenvalue weighted by atomic mass is 10.1. The predicted molar refractivity (Wildman–Crippen MR) is 107 cm³/mol. The fourth-order valence-electron chi connectivity index (χ4n) is 4.03. The van der Waals surface area contributed by atoms with Crippen LogP contribution in [0.3, 0.4) is 0 Å². The molecular weight excluding hydrogens is 394 g/mol. The van der Waals surface area contributed by atoms with E-state index in [0.717, 1.165) is 25.7 Å². The number of ether oxygens (including phenoxy) is 2. The Morgan fingerprint density at radius 1 is 1.21 bits per heavy atom. The molecule has 2 aromatic rings. The Bertz CT molecular complexity index is 963. The molecule has 0 spiro atoms. The Kier molecular flexibility index (Phi) is 5.66. The van der Waals surface area contributed by atoms with Crippen LogP contribution in [0, 0.1) is 0 Å². The minimum atomic E-state index is -0.527. The molecule has 0 saturated heterocycles. The van der Waals surface area contributed by atoms with Gasteiger partial charge in [-0.3, -0.25) is 9.59 Å². The van der Waals surface area contributed by atoms with Crippen LogP contribution in [0.4, 0.5) is 0 Å². The summed E-state index contributed by atoms with van der Waals surface area (Å²) in [5, 5.41) is 1.71. The monoisotopic (exact) mass is 417 g/mol. The Labute approximate surface area is 172 Å². The average Bonchev–Trinajstić information content (AvgIpc) is 3.38. The minimum absolute atomic E-state index is 0.00868. The second-order valence-electron chi connectivity index (χ2n) is 7.25. The Balaban J connectivity index is 1.67. The van der Waals surface area contributed by atoms with Gasteiger partial charge in [-0.1, -0.05) is 0 Å². The van der Waals surface area contributed by atoms with Gasteiger partial charge in [0.25, 0.3) is 11.5 Å². The Morgan fingerprint density at radius 3 is 2.69 bits per heavy atom. The number of methoxy groups -OCH3 is 1. The first-order valence-electron chi connectivity index (χ1n) is 9.77. The van der Waals surface area contributed by atoms with Gasteiger partial charge >= 0.3 is 5.97 Å². The van der Waals surface area contributed by atoms with E-state index in [-0.39, 0.29) is 17.6 Å². The summed E-state index contributed by atoms with van der Waals surface area (Å²) in [4.78, 5) is 43.8. The molecule has 1 aliphatic heterocycles. The topological polar surface area (TPSA) is 90.7 Å². The van der Waals surface area contributed by atoms with E-state index in [2.05, 4.69) is 4.98 Å². The van der Waals surface area contributed by atoms with Gasteiger partial charge in [-0.05, 0) is 25.7 Å². The standard InChI is InChI=1S/C20H23N3O5S/c1-27-20(26)18-15-6-7-22(19(25)14-11-29-12-21-14)8-9-23(15)17(24)10-16(18)28-13-4-2-3-5-13/h10-13H,2-9H2,1H3. The molecule has 0 atom stereocenters. The maximum atomic E-state index is 12.8. The van der Waals surface area contributed by atoms with Gasteiger partial charge in [0, 0.05) is 43.2 Å². The van der Waals surface area contributed by atoms with Crippen molar-refractivity contribution >= 4 is 23.2 Å². The number of carbonyl (C=O) groups is 2. The molecule has 1 amide bonds. The molecule has 9 heteroatoms. The van der Waals surface area contributed by atoms with Gasteiger partial charge in [-0.15, -0.1) is 11.3 Å². The SMILES string of the molecule is COC(=O)c1c(OC2CCCC2)cc(=O)n2c1CCN(C(=O)c1cscn1)CC2. The maximum absolute atomic E-state index is 12.8. The smallest absolute Gasteiger partial charge is 0.343 e. The quantitative estimate of drug-likeness (QED) is 0.708. The van der Waals surface area contributed by atoms with Crippen molar-refractivity contribution in [3.63, 3.8) is 0 Å². The van der Waals surface area contributed by atoms with Gasteiger partial charge in [-0.25, -0.2) is 9.78 Å². The highest BCUT2D eigenvalue weighted by Gasteiger charge is 2.29. The van der Waals surface area contributed by atoms with Crippen LogP contribution in [0.5, 0.6) is 5.75 Å². The van der Waals surface area contributed by atoms with E-state index in [1.807, 2.05) is 0 Å². The minimum Gasteiger partial charge on any atom is -0.489 e. The number of esters is 1. The Morgan fingerprint density at radius 2 is 2.00 bits per heavy atom. The summed E-state index contributed by atoms with van der Waals surface area (Å²) < 4.78 is 12.6. The zero-order chi connectivity index (χ0) is 20.4. The van der Waals surface area contributed by atoms with Crippen LogP contribution in [0.15, 0.2) is 21.8 Å². The second kappa shape index (κ2) is 8.36. The molecule has 154 valence electrons. The van der Waals surface area contributed by atoms with Crippen molar-refractivity contribution in [1.29, 1.82) is 0 Å². The number of hydrogen-bond acceptors (Lipinski definition) is 7. The summed E-state index contributed by atoms with van der Waals surface area (Å²) in [5.74, 6) is -0.408. The third-order valence-electron chi connectivity index (χ3n) is 5.52. The molecule has 0 bridgehead atoms. The van der Waals surface area contributed by atoms with E-state index >= 15 is 0 Å². The fourth-order valence-corrected chi connectivity index (χ4v) is 4.56. The molecule has 2 aliphatic rings. The van der Waals surface area contributed by atoms with Crippen molar-refractivity contribution in [3.05, 3.63) is 44.3 Å². The largest absolute Gasteiger partial charge is 0.489 e. The molecule has 29 heavy (non-hydrogen) atoms. The van der Waals surface area contributed by atoms with Crippen molar-refractivity contribution < 1.29 is 19.1 Å². The van der Waals surface area contributed by atoms with Crippen LogP contribution in [0.25, 0.3) is 0 Å². The van der Waals surface area contributed by atoms with Crippen LogP contribution in [0.1, 0.15) is 52.2 Å². The lowest BCUT2D eigenvalue weighted by Gasteiger charge is -2.20. The molecule has 0 unspecified atom stereocenters. The number of aromatic nitrogens is 2. The van der Waals surface area contributed by atoms with E-state index in [0.29, 0.717) is 48.8 Å². The predicted octanol–water partition coefficient (Wildman–Crippen LogP) is 2.11. The molecule has 0 N–H and O–H groups in total. The van der Waals surface area contributed by atoms with Crippen LogP contribution in [0.2, 0.25) is 0 Å². The number of rotatable bonds is 4. The van der Waals surface area contributed by atoms with Crippen molar-refractivity contribution in [2.75, 3.05) is 20.2 Å². The number of hydrogen-bond donors (Lipinski definition) is 0. The van der Waals surface area contributed by atoms with Gasteiger partial charge in [0.1, 0.15) is 17.0 Å². The van der Waals surface area contributed by atoms with Crippen molar-refractivity contribution in [2.45, 2.75) is 44.8 Å². The Hall–Kier alpha value is -2.68. The molecule has 3 heterocycles. The van der Waals surface area contributed by atoms with Crippen LogP contribution < -0.4 is 10.3 Å². The number of carbonyl (C=O) groups excluding carboxylic acids is 2. The number of amides is 1. The van der Waals surface area contributed by atoms with Crippen molar-refractivity contribution in [1.82, 2.24) is 14.5 Å². The highest BCUT2D eigenvalue weighted by Crippen LogP contribution is 2.29. The summed E-state index contributed by atoms with van der Waals surface area (Å²) in [6, 6.07) is 1.38. The van der Waals surface area contributed by atoms with E-state index in [1.54, 1.807) is 20.4 Å². The first-order chi connectivity index (χ1) is 14.1. The summed E-state index contributed by atoms with van der Waals surface area (Å²) in [6.45, 7) is 1.05. The van der Waals surface area contributed by atoms with Crippen LogP contribution >= 0.6 is 11.3 Å². The zero-order valence-electron chi connectivity index (χ0n) is 16.3. The van der Waals surface area contributed by atoms with E-state index in [4.69, 9.17) is 9.47 Å². The van der Waals surface area contributed by atoms with Gasteiger partial charge in [0.2, 0.25) is 0 Å². The molecule has 1 saturated carbocycles. The molecule has 1 fully saturated rings. The zero-order valence-corrected chi connectivity index (χ0v) is 17.1. The van der Waals surface area contributed by atoms with E-state index < -0.39 is 5.97 Å². The van der Waals surface area contributed by atoms with Crippen molar-refractivity contribution in [3.8, 4) is 5.75 Å². The highest BCUT2D eigenvalue weighted by molar-refractivity contribution is 7.07. The first-order valence-corrected chi connectivity index (χ1v) is 10.7. The van der Waals surface area contributed by atoms with E-state index in [1.165, 1.54) is 24.5 Å². The first kappa shape index (κ1) is 19.6. The molecule has 0 aromatic carbocycles. The summed E-state index contributed by atoms with van der Waals surface area (Å²) in [6.07, 6.45) is 4.35. The summed E-state index contributed by atoms with van der Waals surface area (Å²) in [7, 11) is 1.32. The molecule has 8 nitrogen and oxygen atoms in total. The summed E-state index contributed by atoms with van der Waals surface area (Å²) in [5.41, 5.74) is 2.63. The average molecular weight is 417 g/mol.